The van der Waals surface area contributed by atoms with Crippen molar-refractivity contribution in [1.82, 2.24) is 0 Å². The monoisotopic (exact) mass is 232 g/mol. The van der Waals surface area contributed by atoms with E-state index in [1.165, 1.54) is 0 Å². The van der Waals surface area contributed by atoms with Gasteiger partial charge in [-0.05, 0) is 37.1 Å². The molecule has 0 heterocycles. The molecule has 17 heavy (non-hydrogen) atoms. The number of aryl methyl sites for hydroxylation is 2. The van der Waals surface area contributed by atoms with Crippen molar-refractivity contribution in [1.29, 1.82) is 5.26 Å². The Hall–Kier alpha value is -2.02. The maximum absolute atomic E-state index is 11.5. The van der Waals surface area contributed by atoms with Crippen molar-refractivity contribution in [3.05, 3.63) is 23.3 Å². The van der Waals surface area contributed by atoms with E-state index in [1.54, 1.807) is 7.11 Å². The van der Waals surface area contributed by atoms with Crippen LogP contribution in [0.25, 0.3) is 0 Å². The van der Waals surface area contributed by atoms with E-state index < -0.39 is 0 Å². The zero-order chi connectivity index (χ0) is 12.8. The van der Waals surface area contributed by atoms with Gasteiger partial charge in [-0.3, -0.25) is 4.79 Å². The van der Waals surface area contributed by atoms with E-state index in [1.807, 2.05) is 32.0 Å². The number of methoxy groups -OCH3 is 1. The summed E-state index contributed by atoms with van der Waals surface area (Å²) in [7, 11) is 1.56. The number of hydrogen-bond acceptors (Lipinski definition) is 3. The number of hydrogen-bond donors (Lipinski definition) is 1. The first-order chi connectivity index (χ1) is 8.08. The van der Waals surface area contributed by atoms with Gasteiger partial charge < -0.3 is 10.1 Å². The number of benzene rings is 1. The minimum absolute atomic E-state index is 0.173. The number of nitrogens with one attached hydrogen (secondary N) is 1. The molecule has 0 radical (unpaired) electrons. The summed E-state index contributed by atoms with van der Waals surface area (Å²) in [6, 6.07) is 5.70. The lowest BCUT2D eigenvalue weighted by Crippen LogP contribution is -2.12. The van der Waals surface area contributed by atoms with Crippen molar-refractivity contribution in [2.24, 2.45) is 0 Å². The molecular formula is C13H16N2O2. The molecule has 1 aromatic carbocycles. The van der Waals surface area contributed by atoms with Crippen LogP contribution in [-0.4, -0.2) is 13.0 Å². The lowest BCUT2D eigenvalue weighted by Gasteiger charge is -2.12. The fourth-order valence-electron chi connectivity index (χ4n) is 1.44. The predicted octanol–water partition coefficient (Wildman–Crippen LogP) is 2.55. The molecule has 0 aliphatic rings. The third kappa shape index (κ3) is 3.49. The second-order valence-electron chi connectivity index (χ2n) is 3.84. The van der Waals surface area contributed by atoms with Gasteiger partial charge in [0.25, 0.3) is 0 Å². The van der Waals surface area contributed by atoms with Crippen molar-refractivity contribution >= 4 is 11.6 Å². The van der Waals surface area contributed by atoms with Gasteiger partial charge in [-0.1, -0.05) is 0 Å². The highest BCUT2D eigenvalue weighted by atomic mass is 16.5. The number of amides is 1. The van der Waals surface area contributed by atoms with Crippen molar-refractivity contribution in [3.63, 3.8) is 0 Å². The minimum atomic E-state index is -0.173. The van der Waals surface area contributed by atoms with Gasteiger partial charge in [0.1, 0.15) is 5.75 Å². The Morgan fingerprint density at radius 1 is 1.41 bits per heavy atom. The lowest BCUT2D eigenvalue weighted by molar-refractivity contribution is -0.116. The third-order valence-electron chi connectivity index (χ3n) is 2.55. The first kappa shape index (κ1) is 13.0. The van der Waals surface area contributed by atoms with Crippen LogP contribution in [-0.2, 0) is 4.79 Å². The molecule has 0 aliphatic heterocycles. The van der Waals surface area contributed by atoms with Gasteiger partial charge in [0, 0.05) is 12.8 Å². The SMILES string of the molecule is COc1cc(C)c(C)cc1NC(=O)CCC#N. The highest BCUT2D eigenvalue weighted by Crippen LogP contribution is 2.28. The average Bonchev–Trinajstić information content (AvgIpc) is 2.31. The summed E-state index contributed by atoms with van der Waals surface area (Å²) in [4.78, 5) is 11.5. The van der Waals surface area contributed by atoms with Crippen LogP contribution in [0.5, 0.6) is 5.75 Å². The van der Waals surface area contributed by atoms with E-state index in [0.717, 1.165) is 11.1 Å². The van der Waals surface area contributed by atoms with Crippen molar-refractivity contribution in [3.8, 4) is 11.8 Å². The Bertz CT molecular complexity index is 461. The Morgan fingerprint density at radius 3 is 2.65 bits per heavy atom. The summed E-state index contributed by atoms with van der Waals surface area (Å²) in [5, 5.41) is 11.2. The second kappa shape index (κ2) is 5.90. The summed E-state index contributed by atoms with van der Waals surface area (Å²) in [6.07, 6.45) is 0.422. The summed E-state index contributed by atoms with van der Waals surface area (Å²) < 4.78 is 5.21. The smallest absolute Gasteiger partial charge is 0.225 e. The van der Waals surface area contributed by atoms with E-state index in [-0.39, 0.29) is 18.7 Å². The number of ether oxygens (including phenoxy) is 1. The highest BCUT2D eigenvalue weighted by molar-refractivity contribution is 5.92. The van der Waals surface area contributed by atoms with Crippen molar-refractivity contribution < 1.29 is 9.53 Å². The summed E-state index contributed by atoms with van der Waals surface area (Å²) in [6.45, 7) is 3.96. The quantitative estimate of drug-likeness (QED) is 0.867. The number of nitriles is 1. The molecule has 1 amide bonds. The molecule has 4 nitrogen and oxygen atoms in total. The van der Waals surface area contributed by atoms with Gasteiger partial charge in [-0.15, -0.1) is 0 Å². The first-order valence-corrected chi connectivity index (χ1v) is 5.40. The first-order valence-electron chi connectivity index (χ1n) is 5.40. The highest BCUT2D eigenvalue weighted by Gasteiger charge is 2.09. The number of carbonyl (C=O) groups excluding carboxylic acids is 1. The predicted molar refractivity (Wildman–Crippen MR) is 65.9 cm³/mol. The average molecular weight is 232 g/mol. The maximum Gasteiger partial charge on any atom is 0.225 e. The molecule has 0 aromatic heterocycles. The van der Waals surface area contributed by atoms with Crippen LogP contribution in [0.2, 0.25) is 0 Å². The maximum atomic E-state index is 11.5. The van der Waals surface area contributed by atoms with E-state index in [0.29, 0.717) is 11.4 Å². The Labute approximate surface area is 101 Å². The van der Waals surface area contributed by atoms with Crippen LogP contribution < -0.4 is 10.1 Å². The largest absolute Gasteiger partial charge is 0.495 e. The third-order valence-corrected chi connectivity index (χ3v) is 2.55. The van der Waals surface area contributed by atoms with Crippen LogP contribution in [0, 0.1) is 25.2 Å². The fourth-order valence-corrected chi connectivity index (χ4v) is 1.44. The summed E-state index contributed by atoms with van der Waals surface area (Å²) in [5.41, 5.74) is 2.84. The van der Waals surface area contributed by atoms with E-state index in [4.69, 9.17) is 10.00 Å². The van der Waals surface area contributed by atoms with Gasteiger partial charge in [-0.2, -0.15) is 5.26 Å². The molecule has 0 atom stereocenters. The van der Waals surface area contributed by atoms with Crippen molar-refractivity contribution in [2.45, 2.75) is 26.7 Å². The molecule has 90 valence electrons. The molecule has 0 spiro atoms. The molecule has 0 fully saturated rings. The van der Waals surface area contributed by atoms with Crippen LogP contribution in [0.4, 0.5) is 5.69 Å². The standard InChI is InChI=1S/C13H16N2O2/c1-9-7-11(12(17-3)8-10(9)2)15-13(16)5-4-6-14/h7-8H,4-5H2,1-3H3,(H,15,16). The van der Waals surface area contributed by atoms with Gasteiger partial charge in [-0.25, -0.2) is 0 Å². The second-order valence-corrected chi connectivity index (χ2v) is 3.84. The molecule has 0 unspecified atom stereocenters. The zero-order valence-electron chi connectivity index (χ0n) is 10.3. The zero-order valence-corrected chi connectivity index (χ0v) is 10.3. The number of anilines is 1. The molecule has 0 saturated carbocycles. The summed E-state index contributed by atoms with van der Waals surface area (Å²) in [5.74, 6) is 0.464. The van der Waals surface area contributed by atoms with Gasteiger partial charge >= 0.3 is 0 Å². The molecule has 1 aromatic rings. The lowest BCUT2D eigenvalue weighted by atomic mass is 10.1. The molecule has 1 rings (SSSR count). The van der Waals surface area contributed by atoms with E-state index in [2.05, 4.69) is 5.32 Å². The van der Waals surface area contributed by atoms with E-state index in [9.17, 15) is 4.79 Å². The molecule has 1 N–H and O–H groups in total. The normalized spacial score (nSPS) is 9.53. The van der Waals surface area contributed by atoms with Crippen LogP contribution in [0.15, 0.2) is 12.1 Å². The Kier molecular flexibility index (Phi) is 4.53. The topological polar surface area (TPSA) is 62.1 Å². The number of carbonyl (C=O) groups is 1. The van der Waals surface area contributed by atoms with Crippen LogP contribution in [0.3, 0.4) is 0 Å². The fraction of sp³-hybridized carbons (Fsp3) is 0.385. The van der Waals surface area contributed by atoms with Crippen molar-refractivity contribution in [2.75, 3.05) is 12.4 Å². The van der Waals surface area contributed by atoms with E-state index >= 15 is 0 Å². The number of nitrogens with zero attached hydrogens (tertiary/aromatic N) is 1. The minimum Gasteiger partial charge on any atom is -0.495 e. The molecule has 0 aliphatic carbocycles. The molecule has 0 bridgehead atoms. The molecule has 0 saturated heterocycles. The van der Waals surface area contributed by atoms with Gasteiger partial charge in [0.05, 0.1) is 18.9 Å². The molecule has 4 heteroatoms. The summed E-state index contributed by atoms with van der Waals surface area (Å²) >= 11 is 0. The van der Waals surface area contributed by atoms with Crippen LogP contribution >= 0.6 is 0 Å². The van der Waals surface area contributed by atoms with Gasteiger partial charge in [0.2, 0.25) is 5.91 Å². The number of rotatable bonds is 4. The van der Waals surface area contributed by atoms with Crippen LogP contribution in [0.1, 0.15) is 24.0 Å². The van der Waals surface area contributed by atoms with Gasteiger partial charge in [0.15, 0.2) is 0 Å². The Morgan fingerprint density at radius 2 is 2.06 bits per heavy atom. The Balaban J connectivity index is 2.87. The molecular weight excluding hydrogens is 216 g/mol.